The van der Waals surface area contributed by atoms with Gasteiger partial charge < -0.3 is 14.8 Å². The largest absolute Gasteiger partial charge is 0.494 e. The number of halogens is 1. The highest BCUT2D eigenvalue weighted by atomic mass is 19.1. The summed E-state index contributed by atoms with van der Waals surface area (Å²) in [6.07, 6.45) is 0.563. The van der Waals surface area contributed by atoms with Crippen LogP contribution in [0.4, 0.5) is 4.39 Å². The summed E-state index contributed by atoms with van der Waals surface area (Å²) >= 11 is 0. The van der Waals surface area contributed by atoms with Crippen LogP contribution in [-0.2, 0) is 11.3 Å². The molecule has 0 aliphatic heterocycles. The number of nitrogens with one attached hydrogen (secondary N) is 1. The van der Waals surface area contributed by atoms with Crippen LogP contribution in [0.5, 0.6) is 11.5 Å². The summed E-state index contributed by atoms with van der Waals surface area (Å²) in [4.78, 5) is 28.9. The topological polar surface area (TPSA) is 82.5 Å². The minimum absolute atomic E-state index is 0.00967. The first kappa shape index (κ1) is 22.0. The fraction of sp³-hybridized carbons (Fsp3) is 0.261. The predicted octanol–water partition coefficient (Wildman–Crippen LogP) is 3.03. The molecule has 0 saturated heterocycles. The van der Waals surface area contributed by atoms with Crippen molar-refractivity contribution in [1.29, 1.82) is 0 Å². The average Bonchev–Trinajstić information content (AvgIpc) is 2.77. The van der Waals surface area contributed by atoms with E-state index in [-0.39, 0.29) is 24.4 Å². The number of aromatic nitrogens is 2. The van der Waals surface area contributed by atoms with Gasteiger partial charge in [0.1, 0.15) is 5.75 Å². The van der Waals surface area contributed by atoms with E-state index < -0.39 is 17.8 Å². The number of ether oxygens (including phenoxy) is 2. The van der Waals surface area contributed by atoms with E-state index in [0.717, 1.165) is 11.3 Å². The van der Waals surface area contributed by atoms with Crippen LogP contribution in [0.3, 0.4) is 0 Å². The molecule has 3 aromatic rings. The van der Waals surface area contributed by atoms with Gasteiger partial charge >= 0.3 is 0 Å². The lowest BCUT2D eigenvalue weighted by Crippen LogP contribution is -2.39. The normalized spacial score (nSPS) is 11.6. The molecule has 1 N–H and O–H groups in total. The number of amides is 1. The zero-order valence-corrected chi connectivity index (χ0v) is 17.4. The van der Waals surface area contributed by atoms with Gasteiger partial charge in [-0.15, -0.1) is 0 Å². The van der Waals surface area contributed by atoms with Crippen molar-refractivity contribution in [1.82, 2.24) is 14.9 Å². The molecule has 0 aliphatic carbocycles. The fourth-order valence-corrected chi connectivity index (χ4v) is 2.87. The highest BCUT2D eigenvalue weighted by Gasteiger charge is 2.16. The lowest BCUT2D eigenvalue weighted by atomic mass is 10.1. The van der Waals surface area contributed by atoms with Gasteiger partial charge in [-0.05, 0) is 50.2 Å². The Kier molecular flexibility index (Phi) is 7.37. The molecule has 0 fully saturated rings. The second-order valence-electron chi connectivity index (χ2n) is 6.74. The van der Waals surface area contributed by atoms with Crippen LogP contribution in [0.15, 0.2) is 65.7 Å². The van der Waals surface area contributed by atoms with Gasteiger partial charge in [-0.3, -0.25) is 14.2 Å². The highest BCUT2D eigenvalue weighted by Crippen LogP contribution is 2.19. The Labute approximate surface area is 179 Å². The summed E-state index contributed by atoms with van der Waals surface area (Å²) in [5, 5.41) is 2.67. The van der Waals surface area contributed by atoms with Gasteiger partial charge in [-0.25, -0.2) is 9.37 Å². The first-order chi connectivity index (χ1) is 15.0. The number of carbonyl (C=O) groups is 1. The molecule has 0 spiro atoms. The van der Waals surface area contributed by atoms with E-state index in [1.807, 2.05) is 31.2 Å². The molecule has 162 valence electrons. The van der Waals surface area contributed by atoms with Crippen molar-refractivity contribution < 1.29 is 18.7 Å². The third-order valence-corrected chi connectivity index (χ3v) is 4.50. The lowest BCUT2D eigenvalue weighted by Gasteiger charge is -2.15. The van der Waals surface area contributed by atoms with Crippen LogP contribution in [0.25, 0.3) is 11.3 Å². The summed E-state index contributed by atoms with van der Waals surface area (Å²) in [5.41, 5.74) is 1.13. The Morgan fingerprint density at radius 3 is 2.61 bits per heavy atom. The molecule has 0 saturated carbocycles. The smallest absolute Gasteiger partial charge is 0.260 e. The van der Waals surface area contributed by atoms with Crippen molar-refractivity contribution in [3.8, 4) is 22.8 Å². The summed E-state index contributed by atoms with van der Waals surface area (Å²) in [5.74, 6) is -0.179. The number of hydrogen-bond donors (Lipinski definition) is 1. The number of carbonyl (C=O) groups excluding carboxylic acids is 1. The maximum atomic E-state index is 13.6. The number of rotatable bonds is 9. The SMILES string of the molecule is CCOc1ccc(-c2cc(=O)n(CCNC(=O)C(C)Oc3ccccc3F)cn2)cc1. The quantitative estimate of drug-likeness (QED) is 0.570. The maximum Gasteiger partial charge on any atom is 0.260 e. The van der Waals surface area contributed by atoms with E-state index in [2.05, 4.69) is 10.3 Å². The molecule has 3 rings (SSSR count). The first-order valence-corrected chi connectivity index (χ1v) is 9.96. The Bertz CT molecular complexity index is 1080. The van der Waals surface area contributed by atoms with E-state index in [4.69, 9.17) is 9.47 Å². The Balaban J connectivity index is 1.54. The van der Waals surface area contributed by atoms with Crippen LogP contribution in [0.2, 0.25) is 0 Å². The number of benzene rings is 2. The van der Waals surface area contributed by atoms with Crippen molar-refractivity contribution in [2.75, 3.05) is 13.2 Å². The second kappa shape index (κ2) is 10.4. The molecule has 0 bridgehead atoms. The van der Waals surface area contributed by atoms with Crippen molar-refractivity contribution in [3.63, 3.8) is 0 Å². The third-order valence-electron chi connectivity index (χ3n) is 4.50. The molecule has 8 heteroatoms. The average molecular weight is 425 g/mol. The number of nitrogens with zero attached hydrogens (tertiary/aromatic N) is 2. The standard InChI is InChI=1S/C23H24FN3O4/c1-3-30-18-10-8-17(9-11-18)20-14-22(28)27(15-26-20)13-12-25-23(29)16(2)31-21-7-5-4-6-19(21)24/h4-11,14-16H,3,12-13H2,1-2H3,(H,25,29). The second-order valence-corrected chi connectivity index (χ2v) is 6.74. The van der Waals surface area contributed by atoms with Gasteiger partial charge in [-0.2, -0.15) is 0 Å². The minimum Gasteiger partial charge on any atom is -0.494 e. The maximum absolute atomic E-state index is 13.6. The molecule has 1 aromatic heterocycles. The first-order valence-electron chi connectivity index (χ1n) is 9.96. The van der Waals surface area contributed by atoms with Gasteiger partial charge in [0.05, 0.1) is 18.6 Å². The molecular weight excluding hydrogens is 401 g/mol. The Hall–Kier alpha value is -3.68. The van der Waals surface area contributed by atoms with E-state index in [9.17, 15) is 14.0 Å². The van der Waals surface area contributed by atoms with Gasteiger partial charge in [0.2, 0.25) is 0 Å². The summed E-state index contributed by atoms with van der Waals surface area (Å²) < 4.78 is 25.8. The lowest BCUT2D eigenvalue weighted by molar-refractivity contribution is -0.127. The molecule has 31 heavy (non-hydrogen) atoms. The molecule has 7 nitrogen and oxygen atoms in total. The van der Waals surface area contributed by atoms with Gasteiger partial charge in [0, 0.05) is 24.7 Å². The number of para-hydroxylation sites is 1. The van der Waals surface area contributed by atoms with Crippen molar-refractivity contribution in [2.24, 2.45) is 0 Å². The highest BCUT2D eigenvalue weighted by molar-refractivity contribution is 5.80. The van der Waals surface area contributed by atoms with Gasteiger partial charge in [-0.1, -0.05) is 12.1 Å². The summed E-state index contributed by atoms with van der Waals surface area (Å²) in [7, 11) is 0. The zero-order valence-electron chi connectivity index (χ0n) is 17.4. The Morgan fingerprint density at radius 1 is 1.19 bits per heavy atom. The molecule has 0 aliphatic rings. The molecule has 2 aromatic carbocycles. The van der Waals surface area contributed by atoms with Gasteiger partial charge in [0.25, 0.3) is 11.5 Å². The summed E-state index contributed by atoms with van der Waals surface area (Å²) in [6.45, 7) is 4.47. The van der Waals surface area contributed by atoms with Crippen LogP contribution in [0, 0.1) is 5.82 Å². The third kappa shape index (κ3) is 5.91. The van der Waals surface area contributed by atoms with Crippen LogP contribution < -0.4 is 20.3 Å². The molecular formula is C23H24FN3O4. The van der Waals surface area contributed by atoms with Crippen molar-refractivity contribution in [3.05, 3.63) is 77.1 Å². The predicted molar refractivity (Wildman–Crippen MR) is 115 cm³/mol. The fourth-order valence-electron chi connectivity index (χ4n) is 2.87. The van der Waals surface area contributed by atoms with E-state index in [1.54, 1.807) is 12.1 Å². The van der Waals surface area contributed by atoms with Crippen LogP contribution in [-0.4, -0.2) is 34.7 Å². The molecule has 1 heterocycles. The minimum atomic E-state index is -0.881. The zero-order chi connectivity index (χ0) is 22.2. The van der Waals surface area contributed by atoms with E-state index >= 15 is 0 Å². The molecule has 1 unspecified atom stereocenters. The van der Waals surface area contributed by atoms with E-state index in [0.29, 0.717) is 12.3 Å². The van der Waals surface area contributed by atoms with Crippen molar-refractivity contribution >= 4 is 5.91 Å². The van der Waals surface area contributed by atoms with Crippen molar-refractivity contribution in [2.45, 2.75) is 26.5 Å². The monoisotopic (exact) mass is 425 g/mol. The van der Waals surface area contributed by atoms with Crippen LogP contribution in [0.1, 0.15) is 13.8 Å². The summed E-state index contributed by atoms with van der Waals surface area (Å²) in [6, 6.07) is 14.7. The number of hydrogen-bond acceptors (Lipinski definition) is 5. The molecule has 1 amide bonds. The van der Waals surface area contributed by atoms with Gasteiger partial charge in [0.15, 0.2) is 17.7 Å². The molecule has 0 radical (unpaired) electrons. The van der Waals surface area contributed by atoms with E-state index in [1.165, 1.54) is 36.0 Å². The van der Waals surface area contributed by atoms with Crippen LogP contribution >= 0.6 is 0 Å². The Morgan fingerprint density at radius 2 is 1.94 bits per heavy atom. The molecule has 1 atom stereocenters.